The van der Waals surface area contributed by atoms with Crippen LogP contribution in [0.2, 0.25) is 0 Å². The highest BCUT2D eigenvalue weighted by molar-refractivity contribution is 5.75. The number of hydrogen-bond donors (Lipinski definition) is 1. The Hall–Kier alpha value is -0.450. The van der Waals surface area contributed by atoms with Gasteiger partial charge in [0.1, 0.15) is 12.0 Å². The summed E-state index contributed by atoms with van der Waals surface area (Å²) in [6.45, 7) is 5.04. The van der Waals surface area contributed by atoms with Gasteiger partial charge in [0.25, 0.3) is 0 Å². The van der Waals surface area contributed by atoms with E-state index in [2.05, 4.69) is 4.90 Å². The van der Waals surface area contributed by atoms with Gasteiger partial charge in [0.2, 0.25) is 0 Å². The van der Waals surface area contributed by atoms with Crippen molar-refractivity contribution in [1.82, 2.24) is 9.80 Å². The van der Waals surface area contributed by atoms with Crippen LogP contribution in [0.5, 0.6) is 0 Å². The van der Waals surface area contributed by atoms with Crippen molar-refractivity contribution in [2.45, 2.75) is 26.0 Å². The topological polar surface area (TPSA) is 43.8 Å². The van der Waals surface area contributed by atoms with Crippen LogP contribution in [0.3, 0.4) is 0 Å². The molecule has 1 saturated heterocycles. The standard InChI is InChI=1S/C10H20N2O2/c1-9(13)4-3-5-12-7-6-11(2)8-10(12)14/h10,14H,3-8H2,1-2H3/t10-/m1/s1. The lowest BCUT2D eigenvalue weighted by atomic mass is 10.2. The number of nitrogens with zero attached hydrogens (tertiary/aromatic N) is 2. The molecule has 0 aromatic carbocycles. The van der Waals surface area contributed by atoms with Gasteiger partial charge < -0.3 is 14.8 Å². The molecule has 0 radical (unpaired) electrons. The van der Waals surface area contributed by atoms with E-state index in [9.17, 15) is 9.90 Å². The molecule has 1 heterocycles. The second-order valence-corrected chi connectivity index (χ2v) is 4.08. The summed E-state index contributed by atoms with van der Waals surface area (Å²) >= 11 is 0. The van der Waals surface area contributed by atoms with Crippen LogP contribution in [0.1, 0.15) is 19.8 Å². The molecule has 0 spiro atoms. The van der Waals surface area contributed by atoms with Crippen LogP contribution in [0.4, 0.5) is 0 Å². The predicted molar refractivity (Wildman–Crippen MR) is 55.0 cm³/mol. The minimum Gasteiger partial charge on any atom is -0.377 e. The van der Waals surface area contributed by atoms with Crippen LogP contribution in [0.25, 0.3) is 0 Å². The lowest BCUT2D eigenvalue weighted by Crippen LogP contribution is -2.51. The second-order valence-electron chi connectivity index (χ2n) is 4.08. The molecule has 0 saturated carbocycles. The van der Waals surface area contributed by atoms with E-state index in [0.29, 0.717) is 13.0 Å². The molecule has 4 heteroatoms. The highest BCUT2D eigenvalue weighted by Crippen LogP contribution is 2.07. The van der Waals surface area contributed by atoms with Crippen LogP contribution >= 0.6 is 0 Å². The van der Waals surface area contributed by atoms with Crippen LogP contribution in [-0.4, -0.2) is 60.1 Å². The van der Waals surface area contributed by atoms with Crippen LogP contribution < -0.4 is 0 Å². The lowest BCUT2D eigenvalue weighted by molar-refractivity contribution is -0.117. The number of carbonyl (C=O) groups is 1. The van der Waals surface area contributed by atoms with E-state index in [1.54, 1.807) is 6.92 Å². The summed E-state index contributed by atoms with van der Waals surface area (Å²) in [4.78, 5) is 14.9. The Kier molecular flexibility index (Phi) is 4.51. The maximum absolute atomic E-state index is 10.7. The molecule has 1 aliphatic rings. The van der Waals surface area contributed by atoms with Gasteiger partial charge >= 0.3 is 0 Å². The number of ketones is 1. The summed E-state index contributed by atoms with van der Waals surface area (Å²) in [5.74, 6) is 0.230. The maximum atomic E-state index is 10.7. The van der Waals surface area contributed by atoms with Gasteiger partial charge in [-0.1, -0.05) is 0 Å². The van der Waals surface area contributed by atoms with Crippen molar-refractivity contribution in [3.63, 3.8) is 0 Å². The predicted octanol–water partition coefficient (Wildman–Crippen LogP) is -0.0786. The first kappa shape index (κ1) is 11.6. The summed E-state index contributed by atoms with van der Waals surface area (Å²) in [7, 11) is 2.01. The molecule has 1 N–H and O–H groups in total. The first-order valence-corrected chi connectivity index (χ1v) is 5.19. The molecule has 0 amide bonds. The fourth-order valence-electron chi connectivity index (χ4n) is 1.73. The minimum atomic E-state index is -0.360. The van der Waals surface area contributed by atoms with E-state index in [4.69, 9.17) is 0 Å². The average molecular weight is 200 g/mol. The third-order valence-electron chi connectivity index (χ3n) is 2.64. The summed E-state index contributed by atoms with van der Waals surface area (Å²) in [5, 5.41) is 9.70. The SMILES string of the molecule is CC(=O)CCCN1CCN(C)C[C@H]1O. The van der Waals surface area contributed by atoms with Gasteiger partial charge in [-0.2, -0.15) is 0 Å². The molecule has 82 valence electrons. The Morgan fingerprint density at radius 1 is 1.50 bits per heavy atom. The Morgan fingerprint density at radius 2 is 2.21 bits per heavy atom. The zero-order chi connectivity index (χ0) is 10.6. The van der Waals surface area contributed by atoms with E-state index in [0.717, 1.165) is 26.1 Å². The molecule has 0 unspecified atom stereocenters. The van der Waals surface area contributed by atoms with E-state index in [1.807, 2.05) is 11.9 Å². The number of rotatable bonds is 4. The highest BCUT2D eigenvalue weighted by atomic mass is 16.3. The number of aliphatic hydroxyl groups excluding tert-OH is 1. The zero-order valence-electron chi connectivity index (χ0n) is 9.07. The Balaban J connectivity index is 2.20. The molecule has 1 atom stereocenters. The van der Waals surface area contributed by atoms with Crippen LogP contribution in [0, 0.1) is 0 Å². The third kappa shape index (κ3) is 3.74. The van der Waals surface area contributed by atoms with Crippen molar-refractivity contribution >= 4 is 5.78 Å². The summed E-state index contributed by atoms with van der Waals surface area (Å²) in [6.07, 6.45) is 1.12. The Labute approximate surface area is 85.5 Å². The maximum Gasteiger partial charge on any atom is 0.129 e. The first-order chi connectivity index (χ1) is 6.59. The molecule has 1 fully saturated rings. The molecule has 0 bridgehead atoms. The number of β-amino-alcohol motifs (C(OH)–C–C–N with tert-alkyl or cyclic N) is 1. The van der Waals surface area contributed by atoms with E-state index in [1.165, 1.54) is 0 Å². The van der Waals surface area contributed by atoms with Gasteiger partial charge in [-0.3, -0.25) is 4.90 Å². The monoisotopic (exact) mass is 200 g/mol. The van der Waals surface area contributed by atoms with Crippen LogP contribution in [-0.2, 0) is 4.79 Å². The molecular formula is C10H20N2O2. The largest absolute Gasteiger partial charge is 0.377 e. The van der Waals surface area contributed by atoms with Gasteiger partial charge in [0, 0.05) is 32.6 Å². The zero-order valence-corrected chi connectivity index (χ0v) is 9.07. The molecule has 0 aromatic rings. The van der Waals surface area contributed by atoms with Gasteiger partial charge in [-0.15, -0.1) is 0 Å². The minimum absolute atomic E-state index is 0.230. The molecule has 0 aromatic heterocycles. The molecule has 1 aliphatic heterocycles. The van der Waals surface area contributed by atoms with E-state index < -0.39 is 0 Å². The van der Waals surface area contributed by atoms with Crippen LogP contribution in [0.15, 0.2) is 0 Å². The van der Waals surface area contributed by atoms with Crippen molar-refractivity contribution in [2.24, 2.45) is 0 Å². The Morgan fingerprint density at radius 3 is 2.79 bits per heavy atom. The fraction of sp³-hybridized carbons (Fsp3) is 0.900. The van der Waals surface area contributed by atoms with Crippen molar-refractivity contribution in [1.29, 1.82) is 0 Å². The van der Waals surface area contributed by atoms with Gasteiger partial charge in [0.15, 0.2) is 0 Å². The molecule has 0 aliphatic carbocycles. The highest BCUT2D eigenvalue weighted by Gasteiger charge is 2.22. The summed E-state index contributed by atoms with van der Waals surface area (Å²) < 4.78 is 0. The molecule has 1 rings (SSSR count). The number of aliphatic hydroxyl groups is 1. The molecular weight excluding hydrogens is 180 g/mol. The van der Waals surface area contributed by atoms with Crippen molar-refractivity contribution in [3.05, 3.63) is 0 Å². The average Bonchev–Trinajstić information content (AvgIpc) is 2.08. The van der Waals surface area contributed by atoms with Gasteiger partial charge in [-0.05, 0) is 20.4 Å². The molecule has 14 heavy (non-hydrogen) atoms. The number of Topliss-reactive ketones (excluding diaryl/α,β-unsaturated/α-hetero) is 1. The summed E-state index contributed by atoms with van der Waals surface area (Å²) in [5.41, 5.74) is 0. The van der Waals surface area contributed by atoms with Crippen molar-refractivity contribution in [2.75, 3.05) is 33.2 Å². The second kappa shape index (κ2) is 5.44. The fourth-order valence-corrected chi connectivity index (χ4v) is 1.73. The molecule has 4 nitrogen and oxygen atoms in total. The van der Waals surface area contributed by atoms with Crippen molar-refractivity contribution < 1.29 is 9.90 Å². The normalized spacial score (nSPS) is 25.2. The number of hydrogen-bond acceptors (Lipinski definition) is 4. The smallest absolute Gasteiger partial charge is 0.129 e. The third-order valence-corrected chi connectivity index (χ3v) is 2.64. The lowest BCUT2D eigenvalue weighted by Gasteiger charge is -2.36. The van der Waals surface area contributed by atoms with Gasteiger partial charge in [-0.25, -0.2) is 0 Å². The quantitative estimate of drug-likeness (QED) is 0.689. The summed E-state index contributed by atoms with van der Waals surface area (Å²) in [6, 6.07) is 0. The van der Waals surface area contributed by atoms with E-state index in [-0.39, 0.29) is 12.0 Å². The first-order valence-electron chi connectivity index (χ1n) is 5.19. The number of carbonyl (C=O) groups excluding carboxylic acids is 1. The van der Waals surface area contributed by atoms with Crippen molar-refractivity contribution in [3.8, 4) is 0 Å². The Bertz CT molecular complexity index is 197. The van der Waals surface area contributed by atoms with E-state index >= 15 is 0 Å². The number of likely N-dealkylation sites (N-methyl/N-ethyl adjacent to an activating group) is 1. The van der Waals surface area contributed by atoms with Gasteiger partial charge in [0.05, 0.1) is 0 Å². The number of piperazine rings is 1.